The van der Waals surface area contributed by atoms with Gasteiger partial charge >= 0.3 is 0 Å². The van der Waals surface area contributed by atoms with Gasteiger partial charge < -0.3 is 14.5 Å². The monoisotopic (exact) mass is 376 g/mol. The fraction of sp³-hybridized carbons (Fsp3) is 0.409. The normalized spacial score (nSPS) is 22.0. The van der Waals surface area contributed by atoms with E-state index in [1.54, 1.807) is 12.3 Å². The lowest BCUT2D eigenvalue weighted by molar-refractivity contribution is -0.139. The Labute approximate surface area is 165 Å². The lowest BCUT2D eigenvalue weighted by atomic mass is 10.1. The first-order valence-corrected chi connectivity index (χ1v) is 9.74. The summed E-state index contributed by atoms with van der Waals surface area (Å²) in [4.78, 5) is 21.4. The number of aromatic nitrogens is 1. The summed E-state index contributed by atoms with van der Waals surface area (Å²) in [6, 6.07) is 16.3. The highest BCUT2D eigenvalue weighted by atomic mass is 16.5. The molecule has 3 atom stereocenters. The number of hydrogen-bond donors (Lipinski definition) is 0. The Morgan fingerprint density at radius 1 is 1.21 bits per heavy atom. The van der Waals surface area contributed by atoms with Crippen molar-refractivity contribution in [3.8, 4) is 6.07 Å². The SMILES string of the molecule is C[C@H](OCC(=O)N1CC2CCC(C1)N2c1ccc(C#N)cn1)c1ccccc1. The highest BCUT2D eigenvalue weighted by Crippen LogP contribution is 2.34. The molecule has 2 aliphatic heterocycles. The fourth-order valence-electron chi connectivity index (χ4n) is 4.19. The number of amides is 1. The van der Waals surface area contributed by atoms with Crippen LogP contribution in [0.4, 0.5) is 5.82 Å². The molecule has 0 radical (unpaired) electrons. The van der Waals surface area contributed by atoms with E-state index in [1.165, 1.54) is 0 Å². The number of pyridine rings is 1. The summed E-state index contributed by atoms with van der Waals surface area (Å²) in [5, 5.41) is 8.95. The number of piperazine rings is 1. The molecule has 3 heterocycles. The average Bonchev–Trinajstić information content (AvgIpc) is 3.01. The summed E-state index contributed by atoms with van der Waals surface area (Å²) < 4.78 is 5.82. The van der Waals surface area contributed by atoms with Crippen LogP contribution in [0.5, 0.6) is 0 Å². The van der Waals surface area contributed by atoms with Crippen LogP contribution >= 0.6 is 0 Å². The van der Waals surface area contributed by atoms with Crippen LogP contribution in [0.1, 0.15) is 37.0 Å². The number of fused-ring (bicyclic) bond motifs is 2. The molecule has 28 heavy (non-hydrogen) atoms. The third-order valence-electron chi connectivity index (χ3n) is 5.70. The minimum atomic E-state index is -0.106. The molecule has 2 unspecified atom stereocenters. The second kappa shape index (κ2) is 7.99. The van der Waals surface area contributed by atoms with Crippen LogP contribution in [0, 0.1) is 11.3 Å². The second-order valence-corrected chi connectivity index (χ2v) is 7.47. The first-order valence-electron chi connectivity index (χ1n) is 9.74. The number of likely N-dealkylation sites (tertiary alicyclic amines) is 1. The van der Waals surface area contributed by atoms with Gasteiger partial charge in [0.05, 0.1) is 11.7 Å². The van der Waals surface area contributed by atoms with Crippen molar-refractivity contribution in [2.75, 3.05) is 24.6 Å². The molecule has 2 fully saturated rings. The third-order valence-corrected chi connectivity index (χ3v) is 5.70. The smallest absolute Gasteiger partial charge is 0.248 e. The van der Waals surface area contributed by atoms with Gasteiger partial charge in [-0.3, -0.25) is 4.79 Å². The molecule has 1 aromatic heterocycles. The van der Waals surface area contributed by atoms with Crippen LogP contribution in [0.25, 0.3) is 0 Å². The standard InChI is InChI=1S/C22H24N4O2/c1-16(18-5-3-2-4-6-18)28-15-22(27)25-13-19-8-9-20(14-25)26(19)21-10-7-17(11-23)12-24-21/h2-7,10,12,16,19-20H,8-9,13-15H2,1H3/t16-,19?,20?/m0/s1. The highest BCUT2D eigenvalue weighted by molar-refractivity contribution is 5.78. The van der Waals surface area contributed by atoms with Gasteiger partial charge in [0.2, 0.25) is 5.91 Å². The molecule has 2 aliphatic rings. The summed E-state index contributed by atoms with van der Waals surface area (Å²) in [6.07, 6.45) is 3.62. The van der Waals surface area contributed by atoms with Crippen molar-refractivity contribution in [2.24, 2.45) is 0 Å². The molecule has 0 N–H and O–H groups in total. The number of carbonyl (C=O) groups is 1. The molecule has 2 aromatic rings. The minimum Gasteiger partial charge on any atom is -0.364 e. The number of ether oxygens (including phenoxy) is 1. The van der Waals surface area contributed by atoms with E-state index in [0.717, 1.165) is 24.2 Å². The average molecular weight is 376 g/mol. The van der Waals surface area contributed by atoms with Gasteiger partial charge in [0.1, 0.15) is 18.5 Å². The van der Waals surface area contributed by atoms with Crippen molar-refractivity contribution < 1.29 is 9.53 Å². The van der Waals surface area contributed by atoms with Crippen LogP contribution in [-0.2, 0) is 9.53 Å². The largest absolute Gasteiger partial charge is 0.364 e. The Morgan fingerprint density at radius 2 is 1.93 bits per heavy atom. The maximum atomic E-state index is 12.7. The maximum Gasteiger partial charge on any atom is 0.248 e. The van der Waals surface area contributed by atoms with Gasteiger partial charge in [-0.15, -0.1) is 0 Å². The molecule has 4 rings (SSSR count). The first kappa shape index (κ1) is 18.5. The Morgan fingerprint density at radius 3 is 2.54 bits per heavy atom. The zero-order valence-corrected chi connectivity index (χ0v) is 16.0. The Bertz CT molecular complexity index is 848. The molecule has 6 nitrogen and oxygen atoms in total. The summed E-state index contributed by atoms with van der Waals surface area (Å²) >= 11 is 0. The van der Waals surface area contributed by atoms with E-state index in [4.69, 9.17) is 10.00 Å². The molecule has 0 spiro atoms. The van der Waals surface area contributed by atoms with Crippen molar-refractivity contribution in [3.05, 3.63) is 59.8 Å². The van der Waals surface area contributed by atoms with E-state index in [0.29, 0.717) is 18.7 Å². The van der Waals surface area contributed by atoms with Gasteiger partial charge in [0, 0.05) is 31.4 Å². The Hall–Kier alpha value is -2.91. The van der Waals surface area contributed by atoms with Crippen LogP contribution in [-0.4, -0.2) is 47.6 Å². The predicted molar refractivity (Wildman–Crippen MR) is 106 cm³/mol. The molecular weight excluding hydrogens is 352 g/mol. The van der Waals surface area contributed by atoms with Crippen molar-refractivity contribution in [3.63, 3.8) is 0 Å². The topological polar surface area (TPSA) is 69.5 Å². The summed E-state index contributed by atoms with van der Waals surface area (Å²) in [7, 11) is 0. The maximum absolute atomic E-state index is 12.7. The van der Waals surface area contributed by atoms with Crippen molar-refractivity contribution in [1.29, 1.82) is 5.26 Å². The van der Waals surface area contributed by atoms with Crippen molar-refractivity contribution in [2.45, 2.75) is 38.0 Å². The molecule has 2 bridgehead atoms. The molecule has 6 heteroatoms. The van der Waals surface area contributed by atoms with Crippen molar-refractivity contribution in [1.82, 2.24) is 9.88 Å². The van der Waals surface area contributed by atoms with E-state index in [2.05, 4.69) is 16.0 Å². The third kappa shape index (κ3) is 3.71. The molecule has 144 valence electrons. The number of carbonyl (C=O) groups excluding carboxylic acids is 1. The van der Waals surface area contributed by atoms with Crippen LogP contribution in [0.2, 0.25) is 0 Å². The van der Waals surface area contributed by atoms with Crippen LogP contribution < -0.4 is 4.90 Å². The number of anilines is 1. The fourth-order valence-corrected chi connectivity index (χ4v) is 4.19. The van der Waals surface area contributed by atoms with E-state index in [9.17, 15) is 4.79 Å². The molecule has 0 saturated carbocycles. The van der Waals surface area contributed by atoms with Gasteiger partial charge in [-0.1, -0.05) is 30.3 Å². The van der Waals surface area contributed by atoms with Gasteiger partial charge in [-0.25, -0.2) is 4.98 Å². The van der Waals surface area contributed by atoms with E-state index in [-0.39, 0.29) is 30.7 Å². The van der Waals surface area contributed by atoms with Crippen LogP contribution in [0.3, 0.4) is 0 Å². The molecule has 1 aromatic carbocycles. The zero-order chi connectivity index (χ0) is 19.5. The first-order chi connectivity index (χ1) is 13.7. The van der Waals surface area contributed by atoms with Gasteiger partial charge in [0.25, 0.3) is 0 Å². The summed E-state index contributed by atoms with van der Waals surface area (Å²) in [6.45, 7) is 3.46. The van der Waals surface area contributed by atoms with Crippen molar-refractivity contribution >= 4 is 11.7 Å². The lowest BCUT2D eigenvalue weighted by Crippen LogP contribution is -2.56. The van der Waals surface area contributed by atoms with E-state index < -0.39 is 0 Å². The minimum absolute atomic E-state index is 0.0483. The van der Waals surface area contributed by atoms with Crippen LogP contribution in [0.15, 0.2) is 48.7 Å². The quantitative estimate of drug-likeness (QED) is 0.803. The summed E-state index contributed by atoms with van der Waals surface area (Å²) in [5.74, 6) is 0.944. The van der Waals surface area contributed by atoms with E-state index >= 15 is 0 Å². The van der Waals surface area contributed by atoms with E-state index in [1.807, 2.05) is 48.2 Å². The van der Waals surface area contributed by atoms with Gasteiger partial charge in [-0.2, -0.15) is 5.26 Å². The molecule has 0 aliphatic carbocycles. The molecule has 1 amide bonds. The zero-order valence-electron chi connectivity index (χ0n) is 16.0. The number of nitrogens with zero attached hydrogens (tertiary/aromatic N) is 4. The summed E-state index contributed by atoms with van der Waals surface area (Å²) in [5.41, 5.74) is 1.64. The number of rotatable bonds is 5. The molecular formula is C22H24N4O2. The highest BCUT2D eigenvalue weighted by Gasteiger charge is 2.41. The predicted octanol–water partition coefficient (Wildman–Crippen LogP) is 2.91. The number of benzene rings is 1. The second-order valence-electron chi connectivity index (χ2n) is 7.47. The molecule has 2 saturated heterocycles. The van der Waals surface area contributed by atoms with Gasteiger partial charge in [-0.05, 0) is 37.5 Å². The number of nitriles is 1. The Balaban J connectivity index is 1.36. The lowest BCUT2D eigenvalue weighted by Gasteiger charge is -2.41. The Kier molecular flexibility index (Phi) is 5.27. The van der Waals surface area contributed by atoms with Gasteiger partial charge in [0.15, 0.2) is 0 Å². The number of hydrogen-bond acceptors (Lipinski definition) is 5.